The van der Waals surface area contributed by atoms with Gasteiger partial charge in [0.25, 0.3) is 5.91 Å². The summed E-state index contributed by atoms with van der Waals surface area (Å²) >= 11 is 6.07. The van der Waals surface area contributed by atoms with Crippen molar-refractivity contribution in [3.05, 3.63) is 70.2 Å². The van der Waals surface area contributed by atoms with Gasteiger partial charge in [-0.15, -0.1) is 0 Å². The third kappa shape index (κ3) is 4.88. The Kier molecular flexibility index (Phi) is 5.78. The summed E-state index contributed by atoms with van der Waals surface area (Å²) in [6.45, 7) is 3.97. The lowest BCUT2D eigenvalue weighted by atomic mass is 10.1. The van der Waals surface area contributed by atoms with Gasteiger partial charge in [-0.25, -0.2) is 0 Å². The van der Waals surface area contributed by atoms with Gasteiger partial charge in [-0.05, 0) is 30.7 Å². The fraction of sp³-hybridized carbons (Fsp3) is 0.235. The smallest absolute Gasteiger partial charge is 0.251 e. The van der Waals surface area contributed by atoms with Crippen molar-refractivity contribution in [1.82, 2.24) is 10.6 Å². The van der Waals surface area contributed by atoms with E-state index in [9.17, 15) is 4.79 Å². The average molecular weight is 303 g/mol. The number of amides is 1. The van der Waals surface area contributed by atoms with E-state index in [0.29, 0.717) is 25.2 Å². The topological polar surface area (TPSA) is 41.1 Å². The molecule has 3 nitrogen and oxygen atoms in total. The molecule has 0 saturated carbocycles. The minimum atomic E-state index is -0.0467. The van der Waals surface area contributed by atoms with Crippen LogP contribution in [0, 0.1) is 6.92 Å². The quantitative estimate of drug-likeness (QED) is 0.805. The molecular formula is C17H19ClN2O. The first kappa shape index (κ1) is 15.5. The first-order valence-corrected chi connectivity index (χ1v) is 7.33. The van der Waals surface area contributed by atoms with Crippen LogP contribution >= 0.6 is 11.6 Å². The molecule has 0 fully saturated rings. The molecule has 0 heterocycles. The zero-order valence-electron chi connectivity index (χ0n) is 12.0. The summed E-state index contributed by atoms with van der Waals surface area (Å²) in [5.41, 5.74) is 2.89. The van der Waals surface area contributed by atoms with Crippen LogP contribution in [0.1, 0.15) is 21.5 Å². The highest BCUT2D eigenvalue weighted by Crippen LogP contribution is 2.13. The summed E-state index contributed by atoms with van der Waals surface area (Å²) in [5, 5.41) is 6.90. The van der Waals surface area contributed by atoms with Crippen molar-refractivity contribution >= 4 is 17.5 Å². The summed E-state index contributed by atoms with van der Waals surface area (Å²) in [6.07, 6.45) is 0. The molecule has 2 N–H and O–H groups in total. The summed E-state index contributed by atoms with van der Waals surface area (Å²) in [5.74, 6) is -0.0467. The highest BCUT2D eigenvalue weighted by atomic mass is 35.5. The normalized spacial score (nSPS) is 10.4. The molecule has 0 unspecified atom stereocenters. The van der Waals surface area contributed by atoms with E-state index < -0.39 is 0 Å². The fourth-order valence-electron chi connectivity index (χ4n) is 1.94. The second kappa shape index (κ2) is 7.81. The molecule has 0 aliphatic rings. The maximum Gasteiger partial charge on any atom is 0.251 e. The Morgan fingerprint density at radius 2 is 1.76 bits per heavy atom. The van der Waals surface area contributed by atoms with Crippen LogP contribution in [0.3, 0.4) is 0 Å². The number of carbonyl (C=O) groups excluding carboxylic acids is 1. The molecule has 2 aromatic carbocycles. The zero-order valence-corrected chi connectivity index (χ0v) is 12.8. The van der Waals surface area contributed by atoms with E-state index >= 15 is 0 Å². The minimum absolute atomic E-state index is 0.0467. The van der Waals surface area contributed by atoms with E-state index in [-0.39, 0.29) is 5.91 Å². The van der Waals surface area contributed by atoms with Crippen LogP contribution in [0.15, 0.2) is 48.5 Å². The molecule has 21 heavy (non-hydrogen) atoms. The summed E-state index contributed by atoms with van der Waals surface area (Å²) in [4.78, 5) is 11.9. The molecule has 2 aromatic rings. The Balaban J connectivity index is 1.69. The van der Waals surface area contributed by atoms with Gasteiger partial charge in [-0.1, -0.05) is 47.5 Å². The number of aryl methyl sites for hydroxylation is 1. The van der Waals surface area contributed by atoms with Gasteiger partial charge in [0, 0.05) is 30.2 Å². The van der Waals surface area contributed by atoms with Gasteiger partial charge in [-0.2, -0.15) is 0 Å². The molecule has 0 bridgehead atoms. The minimum Gasteiger partial charge on any atom is -0.351 e. The van der Waals surface area contributed by atoms with Gasteiger partial charge in [0.05, 0.1) is 0 Å². The zero-order chi connectivity index (χ0) is 15.1. The molecule has 0 radical (unpaired) electrons. The lowest BCUT2D eigenvalue weighted by molar-refractivity contribution is 0.0954. The molecule has 0 aromatic heterocycles. The van der Waals surface area contributed by atoms with Crippen molar-refractivity contribution in [2.24, 2.45) is 0 Å². The lowest BCUT2D eigenvalue weighted by Crippen LogP contribution is -2.31. The van der Waals surface area contributed by atoms with Crippen LogP contribution in [0.2, 0.25) is 5.02 Å². The standard InChI is InChI=1S/C17H19ClN2O/c1-13-6-8-14(9-7-13)17(21)20-11-10-19-12-15-4-2-3-5-16(15)18/h2-9,19H,10-12H2,1H3,(H,20,21). The van der Waals surface area contributed by atoms with Crippen molar-refractivity contribution in [2.45, 2.75) is 13.5 Å². The molecule has 110 valence electrons. The van der Waals surface area contributed by atoms with E-state index in [1.165, 1.54) is 0 Å². The van der Waals surface area contributed by atoms with Crippen LogP contribution in [-0.2, 0) is 6.54 Å². The number of hydrogen-bond donors (Lipinski definition) is 2. The third-order valence-corrected chi connectivity index (χ3v) is 3.54. The molecule has 4 heteroatoms. The van der Waals surface area contributed by atoms with Crippen molar-refractivity contribution in [3.8, 4) is 0 Å². The lowest BCUT2D eigenvalue weighted by Gasteiger charge is -2.08. The number of benzene rings is 2. The van der Waals surface area contributed by atoms with E-state index in [2.05, 4.69) is 10.6 Å². The SMILES string of the molecule is Cc1ccc(C(=O)NCCNCc2ccccc2Cl)cc1. The van der Waals surface area contributed by atoms with Gasteiger partial charge < -0.3 is 10.6 Å². The monoisotopic (exact) mass is 302 g/mol. The van der Waals surface area contributed by atoms with Crippen molar-refractivity contribution in [2.75, 3.05) is 13.1 Å². The largest absolute Gasteiger partial charge is 0.351 e. The Morgan fingerprint density at radius 1 is 1.05 bits per heavy atom. The van der Waals surface area contributed by atoms with E-state index in [0.717, 1.165) is 16.1 Å². The number of nitrogens with one attached hydrogen (secondary N) is 2. The Labute approximate surface area is 130 Å². The average Bonchev–Trinajstić information content (AvgIpc) is 2.49. The Morgan fingerprint density at radius 3 is 2.48 bits per heavy atom. The maximum atomic E-state index is 11.9. The molecule has 2 rings (SSSR count). The Hall–Kier alpha value is -1.84. The molecule has 1 amide bonds. The first-order chi connectivity index (χ1) is 10.2. The third-order valence-electron chi connectivity index (χ3n) is 3.17. The predicted molar refractivity (Wildman–Crippen MR) is 86.7 cm³/mol. The fourth-order valence-corrected chi connectivity index (χ4v) is 2.14. The van der Waals surface area contributed by atoms with E-state index in [1.807, 2.05) is 55.5 Å². The molecule has 0 aliphatic heterocycles. The molecular weight excluding hydrogens is 284 g/mol. The van der Waals surface area contributed by atoms with Gasteiger partial charge in [0.2, 0.25) is 0 Å². The number of rotatable bonds is 6. The van der Waals surface area contributed by atoms with E-state index in [4.69, 9.17) is 11.6 Å². The molecule has 0 aliphatic carbocycles. The summed E-state index contributed by atoms with van der Waals surface area (Å²) < 4.78 is 0. The van der Waals surface area contributed by atoms with E-state index in [1.54, 1.807) is 0 Å². The van der Waals surface area contributed by atoms with Crippen molar-refractivity contribution < 1.29 is 4.79 Å². The molecule has 0 spiro atoms. The van der Waals surface area contributed by atoms with Gasteiger partial charge in [-0.3, -0.25) is 4.79 Å². The van der Waals surface area contributed by atoms with Crippen LogP contribution in [0.4, 0.5) is 0 Å². The Bertz CT molecular complexity index is 596. The van der Waals surface area contributed by atoms with Crippen molar-refractivity contribution in [1.29, 1.82) is 0 Å². The number of carbonyl (C=O) groups is 1. The first-order valence-electron chi connectivity index (χ1n) is 6.96. The molecule has 0 atom stereocenters. The highest BCUT2D eigenvalue weighted by Gasteiger charge is 2.03. The van der Waals surface area contributed by atoms with Crippen molar-refractivity contribution in [3.63, 3.8) is 0 Å². The van der Waals surface area contributed by atoms with Crippen LogP contribution < -0.4 is 10.6 Å². The predicted octanol–water partition coefficient (Wildman–Crippen LogP) is 3.17. The van der Waals surface area contributed by atoms with Gasteiger partial charge in [0.15, 0.2) is 0 Å². The van der Waals surface area contributed by atoms with Gasteiger partial charge in [0.1, 0.15) is 0 Å². The molecule has 0 saturated heterocycles. The van der Waals surface area contributed by atoms with Gasteiger partial charge >= 0.3 is 0 Å². The van der Waals surface area contributed by atoms with Crippen LogP contribution in [-0.4, -0.2) is 19.0 Å². The second-order valence-electron chi connectivity index (χ2n) is 4.89. The number of hydrogen-bond acceptors (Lipinski definition) is 2. The second-order valence-corrected chi connectivity index (χ2v) is 5.30. The van der Waals surface area contributed by atoms with Crippen LogP contribution in [0.25, 0.3) is 0 Å². The highest BCUT2D eigenvalue weighted by molar-refractivity contribution is 6.31. The maximum absolute atomic E-state index is 11.9. The summed E-state index contributed by atoms with van der Waals surface area (Å²) in [7, 11) is 0. The number of halogens is 1. The van der Waals surface area contributed by atoms with Crippen LogP contribution in [0.5, 0.6) is 0 Å². The summed E-state index contributed by atoms with van der Waals surface area (Å²) in [6, 6.07) is 15.3.